The maximum absolute atomic E-state index is 14.6. The zero-order valence-electron chi connectivity index (χ0n) is 16.5. The SMILES string of the molecule is CC.Cn1c(C(N)=O)cc(=O)n(-c2cc(Oc3ccccc3)c(C#N)cc2F)c1=O. The molecule has 154 valence electrons. The largest absolute Gasteiger partial charge is 0.456 e. The fourth-order valence-corrected chi connectivity index (χ4v) is 2.59. The Morgan fingerprint density at radius 2 is 1.77 bits per heavy atom. The molecule has 0 fully saturated rings. The van der Waals surface area contributed by atoms with E-state index in [0.29, 0.717) is 10.3 Å². The van der Waals surface area contributed by atoms with Crippen molar-refractivity contribution in [2.24, 2.45) is 12.8 Å². The predicted octanol–water partition coefficient (Wildman–Crippen LogP) is 2.46. The van der Waals surface area contributed by atoms with Crippen molar-refractivity contribution in [1.29, 1.82) is 5.26 Å². The van der Waals surface area contributed by atoms with Crippen molar-refractivity contribution < 1.29 is 13.9 Å². The van der Waals surface area contributed by atoms with Crippen LogP contribution in [0.15, 0.2) is 58.1 Å². The quantitative estimate of drug-likeness (QED) is 0.708. The van der Waals surface area contributed by atoms with Gasteiger partial charge in [-0.15, -0.1) is 0 Å². The van der Waals surface area contributed by atoms with Crippen LogP contribution in [0.2, 0.25) is 0 Å². The number of primary amides is 1. The number of nitrogens with zero attached hydrogens (tertiary/aromatic N) is 3. The first-order valence-electron chi connectivity index (χ1n) is 8.93. The molecule has 0 unspecified atom stereocenters. The molecule has 1 amide bonds. The number of aromatic nitrogens is 2. The maximum Gasteiger partial charge on any atom is 0.336 e. The summed E-state index contributed by atoms with van der Waals surface area (Å²) in [7, 11) is 1.22. The Morgan fingerprint density at radius 3 is 2.33 bits per heavy atom. The highest BCUT2D eigenvalue weighted by atomic mass is 19.1. The second-order valence-corrected chi connectivity index (χ2v) is 5.74. The number of hydrogen-bond acceptors (Lipinski definition) is 5. The van der Waals surface area contributed by atoms with Crippen LogP contribution in [0.4, 0.5) is 4.39 Å². The second-order valence-electron chi connectivity index (χ2n) is 5.74. The molecule has 0 aliphatic rings. The van der Waals surface area contributed by atoms with Gasteiger partial charge >= 0.3 is 5.69 Å². The topological polar surface area (TPSA) is 120 Å². The van der Waals surface area contributed by atoms with E-state index in [1.807, 2.05) is 13.8 Å². The van der Waals surface area contributed by atoms with Gasteiger partial charge in [0, 0.05) is 19.2 Å². The number of hydrogen-bond donors (Lipinski definition) is 1. The van der Waals surface area contributed by atoms with Gasteiger partial charge in [-0.1, -0.05) is 32.0 Å². The van der Waals surface area contributed by atoms with Crippen LogP contribution >= 0.6 is 0 Å². The summed E-state index contributed by atoms with van der Waals surface area (Å²) < 4.78 is 21.5. The lowest BCUT2D eigenvalue weighted by atomic mass is 10.1. The molecule has 0 bridgehead atoms. The lowest BCUT2D eigenvalue weighted by Crippen LogP contribution is -2.41. The smallest absolute Gasteiger partial charge is 0.336 e. The van der Waals surface area contributed by atoms with Gasteiger partial charge in [0.15, 0.2) is 0 Å². The van der Waals surface area contributed by atoms with Gasteiger partial charge in [0.1, 0.15) is 29.1 Å². The first-order valence-corrected chi connectivity index (χ1v) is 8.93. The molecular weight excluding hydrogens is 391 g/mol. The number of carbonyl (C=O) groups excluding carboxylic acids is 1. The molecule has 8 nitrogen and oxygen atoms in total. The Kier molecular flexibility index (Phi) is 6.88. The molecule has 2 aromatic carbocycles. The average Bonchev–Trinajstić information content (AvgIpc) is 2.74. The highest BCUT2D eigenvalue weighted by molar-refractivity contribution is 5.90. The Labute approximate surface area is 171 Å². The minimum Gasteiger partial charge on any atom is -0.456 e. The molecule has 3 rings (SSSR count). The minimum atomic E-state index is -0.983. The third kappa shape index (κ3) is 4.28. The summed E-state index contributed by atoms with van der Waals surface area (Å²) in [5.41, 5.74) is 2.35. The van der Waals surface area contributed by atoms with E-state index in [9.17, 15) is 24.0 Å². The van der Waals surface area contributed by atoms with E-state index in [1.165, 1.54) is 7.05 Å². The Bertz CT molecular complexity index is 1240. The summed E-state index contributed by atoms with van der Waals surface area (Å²) in [6.07, 6.45) is 0. The van der Waals surface area contributed by atoms with Gasteiger partial charge in [-0.2, -0.15) is 5.26 Å². The molecule has 0 atom stereocenters. The highest BCUT2D eigenvalue weighted by Crippen LogP contribution is 2.28. The first kappa shape index (κ1) is 22.1. The molecule has 0 saturated heterocycles. The number of benzene rings is 2. The van der Waals surface area contributed by atoms with E-state index in [-0.39, 0.29) is 17.0 Å². The molecule has 0 saturated carbocycles. The highest BCUT2D eigenvalue weighted by Gasteiger charge is 2.19. The van der Waals surface area contributed by atoms with Crippen LogP contribution < -0.4 is 21.7 Å². The zero-order chi connectivity index (χ0) is 22.4. The molecular formula is C21H19FN4O4. The number of para-hydroxylation sites is 1. The van der Waals surface area contributed by atoms with Gasteiger partial charge in [0.05, 0.1) is 11.3 Å². The molecule has 0 aliphatic heterocycles. The standard InChI is InChI=1S/C19H13FN4O4.C2H6/c1-23-15(18(22)26)9-17(25)24(19(23)27)14-8-16(11(10-21)7-13(14)20)28-12-5-3-2-4-6-12;1-2/h2-9H,1H3,(H2,22,26);1-2H3. The van der Waals surface area contributed by atoms with E-state index in [0.717, 1.165) is 22.8 Å². The summed E-state index contributed by atoms with van der Waals surface area (Å²) in [5, 5.41) is 9.25. The van der Waals surface area contributed by atoms with Crippen LogP contribution in [0, 0.1) is 17.1 Å². The van der Waals surface area contributed by atoms with Crippen molar-refractivity contribution in [3.8, 4) is 23.3 Å². The number of ether oxygens (including phenoxy) is 1. The fourth-order valence-electron chi connectivity index (χ4n) is 2.59. The number of rotatable bonds is 4. The molecule has 2 N–H and O–H groups in total. The van der Waals surface area contributed by atoms with E-state index in [2.05, 4.69) is 0 Å². The van der Waals surface area contributed by atoms with Crippen molar-refractivity contribution in [3.05, 3.63) is 86.4 Å². The van der Waals surface area contributed by atoms with Crippen molar-refractivity contribution in [2.45, 2.75) is 13.8 Å². The van der Waals surface area contributed by atoms with Crippen molar-refractivity contribution >= 4 is 5.91 Å². The third-order valence-electron chi connectivity index (χ3n) is 3.95. The van der Waals surface area contributed by atoms with Crippen LogP contribution in [0.3, 0.4) is 0 Å². The van der Waals surface area contributed by atoms with E-state index < -0.39 is 28.7 Å². The van der Waals surface area contributed by atoms with Gasteiger partial charge < -0.3 is 10.5 Å². The molecule has 0 spiro atoms. The van der Waals surface area contributed by atoms with Crippen molar-refractivity contribution in [2.75, 3.05) is 0 Å². The molecule has 0 aliphatic carbocycles. The second kappa shape index (κ2) is 9.34. The normalized spacial score (nSPS) is 9.83. The van der Waals surface area contributed by atoms with Crippen LogP contribution in [-0.4, -0.2) is 15.0 Å². The molecule has 3 aromatic rings. The summed E-state index contributed by atoms with van der Waals surface area (Å²) in [5.74, 6) is -1.63. The van der Waals surface area contributed by atoms with Gasteiger partial charge in [-0.05, 0) is 18.2 Å². The van der Waals surface area contributed by atoms with Crippen molar-refractivity contribution in [1.82, 2.24) is 9.13 Å². The van der Waals surface area contributed by atoms with E-state index in [4.69, 9.17) is 10.5 Å². The maximum atomic E-state index is 14.6. The fraction of sp³-hybridized carbons (Fsp3) is 0.143. The van der Waals surface area contributed by atoms with Crippen LogP contribution in [0.5, 0.6) is 11.5 Å². The van der Waals surface area contributed by atoms with E-state index >= 15 is 0 Å². The van der Waals surface area contributed by atoms with Crippen LogP contribution in [-0.2, 0) is 7.05 Å². The Balaban J connectivity index is 0.00000155. The van der Waals surface area contributed by atoms with Crippen molar-refractivity contribution in [3.63, 3.8) is 0 Å². The van der Waals surface area contributed by atoms with Crippen LogP contribution in [0.25, 0.3) is 5.69 Å². The van der Waals surface area contributed by atoms with Gasteiger partial charge in [0.2, 0.25) is 0 Å². The predicted molar refractivity (Wildman–Crippen MR) is 108 cm³/mol. The first-order chi connectivity index (χ1) is 14.3. The minimum absolute atomic E-state index is 0.0435. The number of nitrogens with two attached hydrogens (primary N) is 1. The number of nitriles is 1. The molecule has 30 heavy (non-hydrogen) atoms. The molecule has 1 aromatic heterocycles. The summed E-state index contributed by atoms with van der Waals surface area (Å²) in [6, 6.07) is 13.0. The summed E-state index contributed by atoms with van der Waals surface area (Å²) >= 11 is 0. The molecule has 0 radical (unpaired) electrons. The lowest BCUT2D eigenvalue weighted by molar-refractivity contribution is 0.0990. The average molecular weight is 410 g/mol. The van der Waals surface area contributed by atoms with Gasteiger partial charge in [-0.25, -0.2) is 13.8 Å². The van der Waals surface area contributed by atoms with Crippen LogP contribution in [0.1, 0.15) is 29.9 Å². The van der Waals surface area contributed by atoms with E-state index in [1.54, 1.807) is 36.4 Å². The van der Waals surface area contributed by atoms with Gasteiger partial charge in [0.25, 0.3) is 11.5 Å². The Morgan fingerprint density at radius 1 is 1.13 bits per heavy atom. The third-order valence-corrected chi connectivity index (χ3v) is 3.95. The summed E-state index contributed by atoms with van der Waals surface area (Å²) in [6.45, 7) is 4.00. The number of carbonyl (C=O) groups is 1. The molecule has 9 heteroatoms. The Hall–Kier alpha value is -4.19. The monoisotopic (exact) mass is 410 g/mol. The zero-order valence-corrected chi connectivity index (χ0v) is 16.5. The number of amides is 1. The van der Waals surface area contributed by atoms with Gasteiger partial charge in [-0.3, -0.25) is 14.2 Å². The molecule has 1 heterocycles. The summed E-state index contributed by atoms with van der Waals surface area (Å²) in [4.78, 5) is 36.3. The number of halogens is 1. The lowest BCUT2D eigenvalue weighted by Gasteiger charge is -2.13.